The normalized spacial score (nSPS) is 22.4. The van der Waals surface area contributed by atoms with Gasteiger partial charge in [-0.3, -0.25) is 9.52 Å². The average molecular weight is 527 g/mol. The fourth-order valence-corrected chi connectivity index (χ4v) is 5.91. The molecule has 0 aliphatic carbocycles. The fraction of sp³-hybridized carbons (Fsp3) is 0.296. The molecule has 1 saturated heterocycles. The Labute approximate surface area is 214 Å². The van der Waals surface area contributed by atoms with Gasteiger partial charge >= 0.3 is 0 Å². The van der Waals surface area contributed by atoms with Crippen molar-refractivity contribution in [1.29, 1.82) is 0 Å². The molecule has 0 spiro atoms. The smallest absolute Gasteiger partial charge is 0.261 e. The molecule has 10 heteroatoms. The Kier molecular flexibility index (Phi) is 7.14. The summed E-state index contributed by atoms with van der Waals surface area (Å²) in [5, 5.41) is 12.8. The van der Waals surface area contributed by atoms with Gasteiger partial charge in [-0.1, -0.05) is 30.3 Å². The molecule has 0 radical (unpaired) electrons. The van der Waals surface area contributed by atoms with Gasteiger partial charge in [0.1, 0.15) is 23.8 Å². The number of rotatable bonds is 8. The van der Waals surface area contributed by atoms with E-state index in [9.17, 15) is 22.7 Å². The van der Waals surface area contributed by atoms with Crippen molar-refractivity contribution >= 4 is 21.6 Å². The number of carbonyl (C=O) groups excluding carboxylic acids is 1. The lowest BCUT2D eigenvalue weighted by Gasteiger charge is -2.37. The van der Waals surface area contributed by atoms with Crippen LogP contribution in [0.5, 0.6) is 5.75 Å². The molecule has 8 nitrogen and oxygen atoms in total. The van der Waals surface area contributed by atoms with E-state index >= 15 is 0 Å². The summed E-state index contributed by atoms with van der Waals surface area (Å²) in [7, 11) is -3.92. The molecule has 1 fully saturated rings. The molecule has 5 rings (SSSR count). The van der Waals surface area contributed by atoms with Crippen LogP contribution in [0.25, 0.3) is 0 Å². The fourth-order valence-electron chi connectivity index (χ4n) is 4.86. The number of anilines is 1. The molecule has 2 aliphatic rings. The molecular formula is C27H27FN2O6S. The highest BCUT2D eigenvalue weighted by Crippen LogP contribution is 2.47. The van der Waals surface area contributed by atoms with Gasteiger partial charge in [-0.15, -0.1) is 0 Å². The van der Waals surface area contributed by atoms with Crippen LogP contribution in [-0.4, -0.2) is 44.4 Å². The van der Waals surface area contributed by atoms with E-state index in [-0.39, 0.29) is 29.7 Å². The molecule has 0 unspecified atom stereocenters. The van der Waals surface area contributed by atoms with Crippen LogP contribution < -0.4 is 14.8 Å². The standard InChI is InChI=1S/C27H27FN2O6S/c28-18-6-9-21(10-7-18)37(33,34)30-19-8-11-24-22(12-19)23-13-20(35-25(16-31)27(23)36-24)14-26(32)29-15-17-4-2-1-3-5-17/h1-12,20,23,25,27,30-31H,13-16H2,(H,29,32)/t20-,23-,25+,27+/m0/s1. The number of carbonyl (C=O) groups is 1. The number of hydrogen-bond acceptors (Lipinski definition) is 6. The third-order valence-electron chi connectivity index (χ3n) is 6.62. The Morgan fingerprint density at radius 3 is 2.54 bits per heavy atom. The van der Waals surface area contributed by atoms with E-state index in [0.717, 1.165) is 23.3 Å². The number of hydrogen-bond donors (Lipinski definition) is 3. The molecule has 1 amide bonds. The van der Waals surface area contributed by atoms with Crippen LogP contribution in [0.15, 0.2) is 77.7 Å². The molecule has 4 atom stereocenters. The molecule has 0 saturated carbocycles. The van der Waals surface area contributed by atoms with Gasteiger partial charge in [0.15, 0.2) is 0 Å². The summed E-state index contributed by atoms with van der Waals surface area (Å²) in [6, 6.07) is 19.1. The highest BCUT2D eigenvalue weighted by atomic mass is 32.2. The maximum absolute atomic E-state index is 13.2. The maximum atomic E-state index is 13.2. The number of aliphatic hydroxyl groups is 1. The first-order valence-corrected chi connectivity index (χ1v) is 13.5. The Hall–Kier alpha value is -3.47. The van der Waals surface area contributed by atoms with Crippen LogP contribution in [-0.2, 0) is 26.1 Å². The van der Waals surface area contributed by atoms with Crippen molar-refractivity contribution in [3.8, 4) is 5.75 Å². The summed E-state index contributed by atoms with van der Waals surface area (Å²) < 4.78 is 53.3. The van der Waals surface area contributed by atoms with E-state index in [0.29, 0.717) is 24.4 Å². The van der Waals surface area contributed by atoms with E-state index in [1.165, 1.54) is 12.1 Å². The first-order valence-electron chi connectivity index (χ1n) is 12.0. The predicted octanol–water partition coefficient (Wildman–Crippen LogP) is 3.33. The molecule has 3 aromatic rings. The van der Waals surface area contributed by atoms with Crippen LogP contribution in [0, 0.1) is 5.82 Å². The Balaban J connectivity index is 1.29. The lowest BCUT2D eigenvalue weighted by Crippen LogP contribution is -2.47. The highest BCUT2D eigenvalue weighted by molar-refractivity contribution is 7.92. The largest absolute Gasteiger partial charge is 0.487 e. The van der Waals surface area contributed by atoms with Gasteiger partial charge in [0, 0.05) is 23.7 Å². The lowest BCUT2D eigenvalue weighted by atomic mass is 9.84. The quantitative estimate of drug-likeness (QED) is 0.415. The second-order valence-electron chi connectivity index (χ2n) is 9.18. The van der Waals surface area contributed by atoms with Gasteiger partial charge in [-0.05, 0) is 54.4 Å². The minimum Gasteiger partial charge on any atom is -0.487 e. The van der Waals surface area contributed by atoms with E-state index in [4.69, 9.17) is 9.47 Å². The summed E-state index contributed by atoms with van der Waals surface area (Å²) in [5.74, 6) is -0.302. The number of aliphatic hydroxyl groups excluding tert-OH is 1. The zero-order valence-corrected chi connectivity index (χ0v) is 20.7. The number of amides is 1. The van der Waals surface area contributed by atoms with Crippen molar-refractivity contribution in [3.63, 3.8) is 0 Å². The zero-order valence-electron chi connectivity index (χ0n) is 19.8. The number of sulfonamides is 1. The van der Waals surface area contributed by atoms with Crippen molar-refractivity contribution in [3.05, 3.63) is 89.7 Å². The van der Waals surface area contributed by atoms with Crippen LogP contribution in [0.4, 0.5) is 10.1 Å². The first kappa shape index (κ1) is 25.2. The molecule has 0 aromatic heterocycles. The summed E-state index contributed by atoms with van der Waals surface area (Å²) in [6.45, 7) is 0.132. The van der Waals surface area contributed by atoms with Gasteiger partial charge in [0.25, 0.3) is 10.0 Å². The van der Waals surface area contributed by atoms with Crippen molar-refractivity contribution in [2.75, 3.05) is 11.3 Å². The van der Waals surface area contributed by atoms with Gasteiger partial charge < -0.3 is 19.9 Å². The van der Waals surface area contributed by atoms with Gasteiger partial charge in [0.2, 0.25) is 5.91 Å². The average Bonchev–Trinajstić information content (AvgIpc) is 3.25. The van der Waals surface area contributed by atoms with E-state index in [2.05, 4.69) is 10.0 Å². The van der Waals surface area contributed by atoms with E-state index in [1.807, 2.05) is 30.3 Å². The minimum atomic E-state index is -3.92. The monoisotopic (exact) mass is 526 g/mol. The Morgan fingerprint density at radius 2 is 1.81 bits per heavy atom. The first-order chi connectivity index (χ1) is 17.8. The molecular weight excluding hydrogens is 499 g/mol. The lowest BCUT2D eigenvalue weighted by molar-refractivity contribution is -0.142. The third-order valence-corrected chi connectivity index (χ3v) is 8.02. The number of halogens is 1. The summed E-state index contributed by atoms with van der Waals surface area (Å²) in [4.78, 5) is 12.5. The second kappa shape index (κ2) is 10.5. The van der Waals surface area contributed by atoms with Crippen molar-refractivity contribution < 1.29 is 32.2 Å². The predicted molar refractivity (Wildman–Crippen MR) is 134 cm³/mol. The van der Waals surface area contributed by atoms with Crippen LogP contribution >= 0.6 is 0 Å². The maximum Gasteiger partial charge on any atom is 0.261 e. The minimum absolute atomic E-state index is 0.0588. The molecule has 194 valence electrons. The molecule has 37 heavy (non-hydrogen) atoms. The van der Waals surface area contributed by atoms with Gasteiger partial charge in [0.05, 0.1) is 24.0 Å². The van der Waals surface area contributed by atoms with Crippen LogP contribution in [0.1, 0.15) is 29.9 Å². The number of ether oxygens (including phenoxy) is 2. The Morgan fingerprint density at radius 1 is 1.05 bits per heavy atom. The molecule has 0 bridgehead atoms. The molecule has 2 aliphatic heterocycles. The molecule has 3 aromatic carbocycles. The SMILES string of the molecule is O=C(C[C@@H]1C[C@H]2c3cc(NS(=O)(=O)c4ccc(F)cc4)ccc3O[C@H]2[C@@H](CO)O1)NCc1ccccc1. The summed E-state index contributed by atoms with van der Waals surface area (Å²) >= 11 is 0. The van der Waals surface area contributed by atoms with Gasteiger partial charge in [-0.2, -0.15) is 0 Å². The summed E-state index contributed by atoms with van der Waals surface area (Å²) in [6.07, 6.45) is -0.923. The topological polar surface area (TPSA) is 114 Å². The Bertz CT molecular complexity index is 1370. The second-order valence-corrected chi connectivity index (χ2v) is 10.9. The molecule has 3 N–H and O–H groups in total. The van der Waals surface area contributed by atoms with Crippen LogP contribution in [0.2, 0.25) is 0 Å². The zero-order chi connectivity index (χ0) is 26.0. The van der Waals surface area contributed by atoms with Gasteiger partial charge in [-0.25, -0.2) is 12.8 Å². The number of nitrogens with one attached hydrogen (secondary N) is 2. The highest BCUT2D eigenvalue weighted by Gasteiger charge is 2.46. The van der Waals surface area contributed by atoms with Crippen molar-refractivity contribution in [2.24, 2.45) is 0 Å². The van der Waals surface area contributed by atoms with Crippen molar-refractivity contribution in [2.45, 2.75) is 48.5 Å². The van der Waals surface area contributed by atoms with E-state index in [1.54, 1.807) is 18.2 Å². The van der Waals surface area contributed by atoms with Crippen molar-refractivity contribution in [1.82, 2.24) is 5.32 Å². The molecule has 2 heterocycles. The third kappa shape index (κ3) is 5.61. The number of fused-ring (bicyclic) bond motifs is 3. The summed E-state index contributed by atoms with van der Waals surface area (Å²) in [5.41, 5.74) is 2.10. The van der Waals surface area contributed by atoms with Crippen LogP contribution in [0.3, 0.4) is 0 Å². The van der Waals surface area contributed by atoms with E-state index < -0.39 is 34.2 Å². The number of benzene rings is 3.